The molecular weight excluding hydrogens is 452 g/mol. The Morgan fingerprint density at radius 1 is 0.853 bits per heavy atom. The average Bonchev–Trinajstić information content (AvgIpc) is 2.73. The monoisotopic (exact) mass is 488 g/mol. The van der Waals surface area contributed by atoms with Crippen LogP contribution in [0.2, 0.25) is 0 Å². The van der Waals surface area contributed by atoms with Crippen LogP contribution in [0, 0.1) is 0 Å². The lowest BCUT2D eigenvalue weighted by molar-refractivity contribution is -0.142. The fourth-order valence-electron chi connectivity index (χ4n) is 2.76. The van der Waals surface area contributed by atoms with E-state index >= 15 is 0 Å². The zero-order valence-corrected chi connectivity index (χ0v) is 19.2. The number of nitrogens with one attached hydrogen (secondary N) is 3. The zero-order chi connectivity index (χ0) is 26.3. The first-order chi connectivity index (χ1) is 15.9. The summed E-state index contributed by atoms with van der Waals surface area (Å²) in [6, 6.07) is -4.84. The number of carbonyl (C=O) groups is 5. The number of guanidine groups is 1. The van der Waals surface area contributed by atoms with E-state index in [4.69, 9.17) is 28.0 Å². The number of nitrogens with zero attached hydrogens (tertiary/aromatic N) is 1. The minimum atomic E-state index is -1.36. The van der Waals surface area contributed by atoms with Gasteiger partial charge in [-0.05, 0) is 45.6 Å². The van der Waals surface area contributed by atoms with Gasteiger partial charge in [0.2, 0.25) is 17.7 Å². The quantitative estimate of drug-likeness (QED) is 0.0550. The van der Waals surface area contributed by atoms with Gasteiger partial charge in [-0.25, -0.2) is 4.79 Å². The average molecular weight is 489 g/mol. The molecule has 0 aromatic rings. The van der Waals surface area contributed by atoms with Crippen molar-refractivity contribution in [2.24, 2.45) is 27.9 Å². The fourth-order valence-corrected chi connectivity index (χ4v) is 2.76. The normalized spacial score (nSPS) is 14.1. The van der Waals surface area contributed by atoms with Gasteiger partial charge in [0.1, 0.15) is 18.1 Å². The molecule has 0 rings (SSSR count). The number of amides is 3. The fraction of sp³-hybridized carbons (Fsp3) is 0.684. The molecule has 0 radical (unpaired) electrons. The minimum Gasteiger partial charge on any atom is -0.481 e. The van der Waals surface area contributed by atoms with Gasteiger partial charge in [-0.3, -0.25) is 24.2 Å². The summed E-state index contributed by atoms with van der Waals surface area (Å²) in [4.78, 5) is 63.2. The standard InChI is InChI=1S/C19H36N8O7/c1-10(25-16(31)11(21)9-14(28)29)15(30)26-12(6-4-8-24-19(22)23)17(32)27-13(18(33)34)5-2-3-7-20/h10-13H,2-9,20-21H2,1H3,(H,25,31)(H,26,30)(H,27,32)(H,28,29)(H,33,34)(H4,22,23,24). The lowest BCUT2D eigenvalue weighted by atomic mass is 10.1. The van der Waals surface area contributed by atoms with Gasteiger partial charge in [0.05, 0.1) is 12.5 Å². The predicted octanol–water partition coefficient (Wildman–Crippen LogP) is -3.47. The highest BCUT2D eigenvalue weighted by Crippen LogP contribution is 2.05. The summed E-state index contributed by atoms with van der Waals surface area (Å²) in [5.74, 6) is -5.01. The van der Waals surface area contributed by atoms with E-state index in [2.05, 4.69) is 20.9 Å². The van der Waals surface area contributed by atoms with E-state index in [1.54, 1.807) is 0 Å². The molecular formula is C19H36N8O7. The van der Waals surface area contributed by atoms with Gasteiger partial charge in [0.25, 0.3) is 0 Å². The smallest absolute Gasteiger partial charge is 0.326 e. The van der Waals surface area contributed by atoms with E-state index in [0.717, 1.165) is 0 Å². The highest BCUT2D eigenvalue weighted by atomic mass is 16.4. The lowest BCUT2D eigenvalue weighted by Crippen LogP contribution is -2.56. The molecule has 34 heavy (non-hydrogen) atoms. The molecule has 0 aliphatic heterocycles. The number of carbonyl (C=O) groups excluding carboxylic acids is 3. The lowest BCUT2D eigenvalue weighted by Gasteiger charge is -2.23. The molecule has 0 aromatic heterocycles. The Morgan fingerprint density at radius 3 is 1.97 bits per heavy atom. The van der Waals surface area contributed by atoms with Crippen LogP contribution in [0.15, 0.2) is 4.99 Å². The Morgan fingerprint density at radius 2 is 1.44 bits per heavy atom. The second-order valence-corrected chi connectivity index (χ2v) is 7.63. The van der Waals surface area contributed by atoms with Crippen LogP contribution in [0.25, 0.3) is 0 Å². The summed E-state index contributed by atoms with van der Waals surface area (Å²) in [5.41, 5.74) is 21.4. The SMILES string of the molecule is CC(NC(=O)C(N)CC(=O)O)C(=O)NC(CCCN=C(N)N)C(=O)NC(CCCCN)C(=O)O. The summed E-state index contributed by atoms with van der Waals surface area (Å²) in [7, 11) is 0. The second-order valence-electron chi connectivity index (χ2n) is 7.63. The highest BCUT2D eigenvalue weighted by Gasteiger charge is 2.28. The Bertz CT molecular complexity index is 742. The van der Waals surface area contributed by atoms with Crippen LogP contribution in [0.3, 0.4) is 0 Å². The van der Waals surface area contributed by atoms with Crippen LogP contribution in [0.5, 0.6) is 0 Å². The van der Waals surface area contributed by atoms with Crippen LogP contribution in [-0.2, 0) is 24.0 Å². The van der Waals surface area contributed by atoms with Crippen LogP contribution in [-0.4, -0.2) is 83.1 Å². The second kappa shape index (κ2) is 16.2. The summed E-state index contributed by atoms with van der Waals surface area (Å²) >= 11 is 0. The molecule has 0 heterocycles. The summed E-state index contributed by atoms with van der Waals surface area (Å²) in [5, 5.41) is 25.2. The van der Waals surface area contributed by atoms with Gasteiger partial charge in [-0.15, -0.1) is 0 Å². The number of hydrogen-bond acceptors (Lipinski definition) is 8. The van der Waals surface area contributed by atoms with Gasteiger partial charge in [-0.1, -0.05) is 0 Å². The molecule has 0 bridgehead atoms. The molecule has 4 unspecified atom stereocenters. The minimum absolute atomic E-state index is 0.0721. The molecule has 0 saturated carbocycles. The van der Waals surface area contributed by atoms with Gasteiger partial charge in [-0.2, -0.15) is 0 Å². The van der Waals surface area contributed by atoms with Crippen molar-refractivity contribution >= 4 is 35.6 Å². The molecule has 4 atom stereocenters. The Hall–Kier alpha value is -3.46. The zero-order valence-electron chi connectivity index (χ0n) is 19.2. The molecule has 13 N–H and O–H groups in total. The number of carboxylic acid groups (broad SMARTS) is 2. The number of hydrogen-bond donors (Lipinski definition) is 9. The third-order valence-electron chi connectivity index (χ3n) is 4.62. The van der Waals surface area contributed by atoms with Crippen LogP contribution >= 0.6 is 0 Å². The first kappa shape index (κ1) is 30.5. The van der Waals surface area contributed by atoms with Crippen molar-refractivity contribution in [2.45, 2.75) is 69.6 Å². The molecule has 0 fully saturated rings. The van der Waals surface area contributed by atoms with Crippen LogP contribution in [0.1, 0.15) is 45.4 Å². The molecule has 15 nitrogen and oxygen atoms in total. The molecule has 0 aliphatic carbocycles. The van der Waals surface area contributed by atoms with Crippen molar-refractivity contribution in [1.82, 2.24) is 16.0 Å². The number of aliphatic carboxylic acids is 2. The first-order valence-electron chi connectivity index (χ1n) is 10.8. The van der Waals surface area contributed by atoms with Crippen molar-refractivity contribution in [2.75, 3.05) is 13.1 Å². The Balaban J connectivity index is 5.23. The van der Waals surface area contributed by atoms with E-state index in [0.29, 0.717) is 19.4 Å². The molecule has 194 valence electrons. The third kappa shape index (κ3) is 13.2. The van der Waals surface area contributed by atoms with E-state index in [1.165, 1.54) is 6.92 Å². The molecule has 0 spiro atoms. The highest BCUT2D eigenvalue weighted by molar-refractivity contribution is 5.94. The van der Waals surface area contributed by atoms with Crippen molar-refractivity contribution in [3.05, 3.63) is 0 Å². The summed E-state index contributed by atoms with van der Waals surface area (Å²) in [6.45, 7) is 1.86. The van der Waals surface area contributed by atoms with Crippen molar-refractivity contribution in [1.29, 1.82) is 0 Å². The number of aliphatic imine (C=N–C) groups is 1. The van der Waals surface area contributed by atoms with E-state index in [-0.39, 0.29) is 31.8 Å². The maximum absolute atomic E-state index is 12.8. The maximum Gasteiger partial charge on any atom is 0.326 e. The Labute approximate surface area is 197 Å². The topological polar surface area (TPSA) is 278 Å². The predicted molar refractivity (Wildman–Crippen MR) is 122 cm³/mol. The summed E-state index contributed by atoms with van der Waals surface area (Å²) < 4.78 is 0. The molecule has 0 aromatic carbocycles. The van der Waals surface area contributed by atoms with Crippen molar-refractivity contribution in [3.8, 4) is 0 Å². The Kier molecular flexibility index (Phi) is 14.6. The van der Waals surface area contributed by atoms with E-state index in [1.807, 2.05) is 0 Å². The number of carboxylic acids is 2. The number of unbranched alkanes of at least 4 members (excludes halogenated alkanes) is 1. The van der Waals surface area contributed by atoms with Crippen LogP contribution in [0.4, 0.5) is 0 Å². The number of rotatable bonds is 17. The van der Waals surface area contributed by atoms with E-state index in [9.17, 15) is 29.1 Å². The molecule has 15 heteroatoms. The number of nitrogens with two attached hydrogens (primary N) is 4. The van der Waals surface area contributed by atoms with Gasteiger partial charge < -0.3 is 49.1 Å². The summed E-state index contributed by atoms with van der Waals surface area (Å²) in [6.07, 6.45) is 0.945. The van der Waals surface area contributed by atoms with Crippen molar-refractivity contribution in [3.63, 3.8) is 0 Å². The van der Waals surface area contributed by atoms with Gasteiger partial charge in [0.15, 0.2) is 5.96 Å². The largest absolute Gasteiger partial charge is 0.481 e. The maximum atomic E-state index is 12.8. The molecule has 3 amide bonds. The van der Waals surface area contributed by atoms with E-state index < -0.39 is 60.2 Å². The molecule has 0 saturated heterocycles. The van der Waals surface area contributed by atoms with Crippen LogP contribution < -0.4 is 38.9 Å². The first-order valence-corrected chi connectivity index (χ1v) is 10.8. The third-order valence-corrected chi connectivity index (χ3v) is 4.62. The van der Waals surface area contributed by atoms with Gasteiger partial charge >= 0.3 is 11.9 Å². The van der Waals surface area contributed by atoms with Crippen molar-refractivity contribution < 1.29 is 34.2 Å². The molecule has 0 aliphatic rings. The van der Waals surface area contributed by atoms with Gasteiger partial charge in [0, 0.05) is 6.54 Å².